The molecular weight excluding hydrogens is 409 g/mol. The molecule has 32 heavy (non-hydrogen) atoms. The normalized spacial score (nSPS) is 28.0. The van der Waals surface area contributed by atoms with E-state index in [-0.39, 0.29) is 17.5 Å². The van der Waals surface area contributed by atoms with E-state index in [4.69, 9.17) is 4.74 Å². The molecule has 2 bridgehead atoms. The Morgan fingerprint density at radius 3 is 2.91 bits per heavy atom. The summed E-state index contributed by atoms with van der Waals surface area (Å²) in [5.74, 6) is -2.24. The van der Waals surface area contributed by atoms with Crippen molar-refractivity contribution in [2.45, 2.75) is 18.1 Å². The Morgan fingerprint density at radius 1 is 1.22 bits per heavy atom. The van der Waals surface area contributed by atoms with Gasteiger partial charge in [0.2, 0.25) is 11.8 Å². The Balaban J connectivity index is 1.21. The number of ether oxygens (including phenoxy) is 1. The molecule has 2 N–H and O–H groups in total. The highest BCUT2D eigenvalue weighted by atomic mass is 19.1. The number of carbonyl (C=O) groups excluding carboxylic acids is 2. The Morgan fingerprint density at radius 2 is 2.03 bits per heavy atom. The fourth-order valence-corrected chi connectivity index (χ4v) is 5.44. The van der Waals surface area contributed by atoms with Crippen LogP contribution in [0.2, 0.25) is 0 Å². The van der Waals surface area contributed by atoms with Gasteiger partial charge in [-0.3, -0.25) is 9.59 Å². The second kappa shape index (κ2) is 7.03. The third-order valence-corrected chi connectivity index (χ3v) is 6.94. The predicted octanol–water partition coefficient (Wildman–Crippen LogP) is 3.27. The number of carbonyl (C=O) groups is 2. The molecule has 1 spiro atoms. The topological polar surface area (TPSA) is 74.4 Å². The van der Waals surface area contributed by atoms with E-state index >= 15 is 0 Å². The number of nitrogens with one attached hydrogen (secondary N) is 2. The summed E-state index contributed by atoms with van der Waals surface area (Å²) in [4.78, 5) is 31.5. The minimum atomic E-state index is -0.779. The largest absolute Gasteiger partial charge is 0.361 e. The third kappa shape index (κ3) is 2.81. The average Bonchev–Trinajstić information content (AvgIpc) is 3.54. The second-order valence-corrected chi connectivity index (χ2v) is 8.74. The van der Waals surface area contributed by atoms with E-state index in [0.717, 1.165) is 16.5 Å². The number of H-pyrrole nitrogens is 1. The maximum absolute atomic E-state index is 14.0. The Kier molecular flexibility index (Phi) is 4.23. The van der Waals surface area contributed by atoms with E-state index in [2.05, 4.69) is 16.4 Å². The Labute approximate surface area is 184 Å². The molecule has 3 aliphatic heterocycles. The van der Waals surface area contributed by atoms with Crippen molar-refractivity contribution in [2.24, 2.45) is 11.8 Å². The average molecular weight is 431 g/mol. The van der Waals surface area contributed by atoms with E-state index in [1.165, 1.54) is 12.1 Å². The predicted molar refractivity (Wildman–Crippen MR) is 117 cm³/mol. The fraction of sp³-hybridized carbons (Fsp3) is 0.280. The maximum atomic E-state index is 14.0. The number of nitrogens with zero attached hydrogens (tertiary/aromatic N) is 1. The van der Waals surface area contributed by atoms with Crippen LogP contribution in [-0.4, -0.2) is 46.5 Å². The monoisotopic (exact) mass is 431 g/mol. The lowest BCUT2D eigenvalue weighted by Gasteiger charge is -2.23. The quantitative estimate of drug-likeness (QED) is 0.609. The Bertz CT molecular complexity index is 1270. The molecule has 6 rings (SSSR count). The molecule has 2 aromatic carbocycles. The SMILES string of the molecule is O=C(Nc1ccccc1F)[C@@H]1[C@H]2C(=O)N(CCc3c[nH]c4ccccc34)C[C@]23C=C[C@H]1O3. The molecule has 4 heterocycles. The van der Waals surface area contributed by atoms with Crippen LogP contribution < -0.4 is 5.32 Å². The van der Waals surface area contributed by atoms with Gasteiger partial charge in [0.25, 0.3) is 0 Å². The summed E-state index contributed by atoms with van der Waals surface area (Å²) in [7, 11) is 0. The van der Waals surface area contributed by atoms with Gasteiger partial charge < -0.3 is 19.9 Å². The summed E-state index contributed by atoms with van der Waals surface area (Å²) in [6.07, 6.45) is 6.01. The number of hydrogen-bond donors (Lipinski definition) is 2. The van der Waals surface area contributed by atoms with E-state index in [1.807, 2.05) is 36.5 Å². The van der Waals surface area contributed by atoms with Crippen LogP contribution in [0.4, 0.5) is 10.1 Å². The number of hydrogen-bond acceptors (Lipinski definition) is 3. The van der Waals surface area contributed by atoms with Crippen molar-refractivity contribution in [1.29, 1.82) is 0 Å². The van der Waals surface area contributed by atoms with Gasteiger partial charge in [-0.1, -0.05) is 42.5 Å². The van der Waals surface area contributed by atoms with Crippen molar-refractivity contribution in [3.8, 4) is 0 Å². The van der Waals surface area contributed by atoms with Crippen molar-refractivity contribution in [3.63, 3.8) is 0 Å². The van der Waals surface area contributed by atoms with Gasteiger partial charge in [0.1, 0.15) is 11.4 Å². The molecule has 2 amide bonds. The first-order chi connectivity index (χ1) is 15.6. The first kappa shape index (κ1) is 19.3. The fourth-order valence-electron chi connectivity index (χ4n) is 5.44. The lowest BCUT2D eigenvalue weighted by atomic mass is 9.77. The number of benzene rings is 2. The van der Waals surface area contributed by atoms with Crippen LogP contribution >= 0.6 is 0 Å². The minimum absolute atomic E-state index is 0.0784. The van der Waals surface area contributed by atoms with E-state index in [0.29, 0.717) is 19.5 Å². The first-order valence-corrected chi connectivity index (χ1v) is 10.8. The van der Waals surface area contributed by atoms with Crippen LogP contribution in [0.15, 0.2) is 66.9 Å². The molecule has 0 saturated carbocycles. The van der Waals surface area contributed by atoms with Crippen LogP contribution in [-0.2, 0) is 20.7 Å². The number of halogens is 1. The smallest absolute Gasteiger partial charge is 0.231 e. The Hall–Kier alpha value is -3.45. The summed E-state index contributed by atoms with van der Waals surface area (Å²) in [5.41, 5.74) is 1.55. The molecule has 7 heteroatoms. The number of fused-ring (bicyclic) bond motifs is 2. The summed E-state index contributed by atoms with van der Waals surface area (Å²) in [6.45, 7) is 0.970. The van der Waals surface area contributed by atoms with Crippen LogP contribution in [0.1, 0.15) is 5.56 Å². The zero-order valence-corrected chi connectivity index (χ0v) is 17.3. The van der Waals surface area contributed by atoms with Gasteiger partial charge in [0.15, 0.2) is 0 Å². The van der Waals surface area contributed by atoms with Crippen molar-refractivity contribution < 1.29 is 18.7 Å². The molecule has 162 valence electrons. The molecule has 0 unspecified atom stereocenters. The number of likely N-dealkylation sites (tertiary alicyclic amines) is 1. The van der Waals surface area contributed by atoms with Gasteiger partial charge in [0.05, 0.1) is 30.2 Å². The number of rotatable bonds is 5. The molecule has 4 atom stereocenters. The zero-order valence-electron chi connectivity index (χ0n) is 17.3. The van der Waals surface area contributed by atoms with Crippen LogP contribution in [0, 0.1) is 17.7 Å². The molecular formula is C25H22FN3O3. The molecule has 2 fully saturated rings. The van der Waals surface area contributed by atoms with E-state index < -0.39 is 29.4 Å². The van der Waals surface area contributed by atoms with Gasteiger partial charge in [-0.25, -0.2) is 4.39 Å². The molecule has 2 saturated heterocycles. The van der Waals surface area contributed by atoms with Crippen LogP contribution in [0.5, 0.6) is 0 Å². The van der Waals surface area contributed by atoms with Crippen molar-refractivity contribution >= 4 is 28.4 Å². The van der Waals surface area contributed by atoms with Crippen LogP contribution in [0.3, 0.4) is 0 Å². The molecule has 3 aromatic rings. The lowest BCUT2D eigenvalue weighted by Crippen LogP contribution is -2.41. The highest BCUT2D eigenvalue weighted by Gasteiger charge is 2.66. The second-order valence-electron chi connectivity index (χ2n) is 8.74. The maximum Gasteiger partial charge on any atom is 0.231 e. The van der Waals surface area contributed by atoms with E-state index in [9.17, 15) is 14.0 Å². The third-order valence-electron chi connectivity index (χ3n) is 6.94. The van der Waals surface area contributed by atoms with Gasteiger partial charge in [-0.05, 0) is 30.2 Å². The van der Waals surface area contributed by atoms with Crippen molar-refractivity contribution in [1.82, 2.24) is 9.88 Å². The minimum Gasteiger partial charge on any atom is -0.361 e. The lowest BCUT2D eigenvalue weighted by molar-refractivity contribution is -0.135. The number of anilines is 1. The molecule has 6 nitrogen and oxygen atoms in total. The van der Waals surface area contributed by atoms with Gasteiger partial charge >= 0.3 is 0 Å². The molecule has 0 aliphatic carbocycles. The first-order valence-electron chi connectivity index (χ1n) is 10.8. The molecule has 0 radical (unpaired) electrons. The summed E-state index contributed by atoms with van der Waals surface area (Å²) >= 11 is 0. The summed E-state index contributed by atoms with van der Waals surface area (Å²) in [5, 5.41) is 3.80. The highest BCUT2D eigenvalue weighted by molar-refractivity contribution is 5.99. The zero-order chi connectivity index (χ0) is 21.9. The highest BCUT2D eigenvalue weighted by Crippen LogP contribution is 2.52. The van der Waals surface area contributed by atoms with Gasteiger partial charge in [-0.2, -0.15) is 0 Å². The van der Waals surface area contributed by atoms with Crippen LogP contribution in [0.25, 0.3) is 10.9 Å². The molecule has 1 aromatic heterocycles. The van der Waals surface area contributed by atoms with E-state index in [1.54, 1.807) is 17.0 Å². The number of aromatic amines is 1. The molecule has 3 aliphatic rings. The number of amides is 2. The summed E-state index contributed by atoms with van der Waals surface area (Å²) < 4.78 is 20.2. The van der Waals surface area contributed by atoms with Crippen molar-refractivity contribution in [3.05, 3.63) is 78.3 Å². The van der Waals surface area contributed by atoms with Gasteiger partial charge in [-0.15, -0.1) is 0 Å². The number of para-hydroxylation sites is 2. The number of aromatic nitrogens is 1. The van der Waals surface area contributed by atoms with Crippen molar-refractivity contribution in [2.75, 3.05) is 18.4 Å². The van der Waals surface area contributed by atoms with Gasteiger partial charge in [0, 0.05) is 23.6 Å². The summed E-state index contributed by atoms with van der Waals surface area (Å²) in [6, 6.07) is 14.1. The standard InChI is InChI=1S/C25H22FN3O3/c26-17-6-2-4-8-19(17)28-23(30)21-20-9-11-25(32-20)14-29(24(31)22(21)25)12-10-15-13-27-18-7-3-1-5-16(15)18/h1-9,11,13,20-22,27H,10,12,14H2,(H,28,30)/t20-,21+,22+,25-/m1/s1.